The molecule has 9 heteroatoms. The zero-order valence-corrected chi connectivity index (χ0v) is 12.8. The van der Waals surface area contributed by atoms with Gasteiger partial charge in [-0.2, -0.15) is 8.78 Å². The van der Waals surface area contributed by atoms with E-state index in [0.717, 1.165) is 30.3 Å². The van der Waals surface area contributed by atoms with E-state index in [4.69, 9.17) is 11.6 Å². The molecule has 0 aromatic heterocycles. The second-order valence-corrected chi connectivity index (χ2v) is 6.76. The number of halogens is 4. The molecule has 1 amide bonds. The van der Waals surface area contributed by atoms with Gasteiger partial charge in [-0.05, 0) is 42.5 Å². The Morgan fingerprint density at radius 3 is 2.26 bits per heavy atom. The lowest BCUT2D eigenvalue weighted by Crippen LogP contribution is -2.14. The van der Waals surface area contributed by atoms with Crippen molar-refractivity contribution in [3.63, 3.8) is 0 Å². The third-order valence-electron chi connectivity index (χ3n) is 2.86. The fraction of sp³-hybridized carbons (Fsp3) is 0.0714. The molecule has 0 aliphatic heterocycles. The summed E-state index contributed by atoms with van der Waals surface area (Å²) in [7, 11) is -4.73. The summed E-state index contributed by atoms with van der Waals surface area (Å²) >= 11 is 5.69. The number of anilines is 1. The molecule has 0 saturated carbocycles. The van der Waals surface area contributed by atoms with Gasteiger partial charge in [-0.1, -0.05) is 11.6 Å². The van der Waals surface area contributed by atoms with Crippen molar-refractivity contribution in [1.82, 2.24) is 0 Å². The SMILES string of the molecule is O=C(Nc1cc(Cl)ccc1F)c1ccc(S(=O)(=O)C(F)F)cc1. The molecule has 0 unspecified atom stereocenters. The van der Waals surface area contributed by atoms with Gasteiger partial charge in [0, 0.05) is 10.6 Å². The van der Waals surface area contributed by atoms with Gasteiger partial charge >= 0.3 is 5.76 Å². The third-order valence-corrected chi connectivity index (χ3v) is 4.49. The maximum Gasteiger partial charge on any atom is 0.341 e. The molecular formula is C14H9ClF3NO3S. The van der Waals surface area contributed by atoms with Crippen LogP contribution in [0.25, 0.3) is 0 Å². The highest BCUT2D eigenvalue weighted by Gasteiger charge is 2.26. The maximum absolute atomic E-state index is 13.5. The first-order valence-electron chi connectivity index (χ1n) is 6.10. The number of benzene rings is 2. The van der Waals surface area contributed by atoms with Crippen molar-refractivity contribution >= 4 is 33.0 Å². The first-order chi connectivity index (χ1) is 10.7. The van der Waals surface area contributed by atoms with E-state index in [1.165, 1.54) is 12.1 Å². The summed E-state index contributed by atoms with van der Waals surface area (Å²) in [4.78, 5) is 11.3. The van der Waals surface area contributed by atoms with Crippen LogP contribution in [-0.2, 0) is 9.84 Å². The monoisotopic (exact) mass is 363 g/mol. The Labute approximate surface area is 134 Å². The van der Waals surface area contributed by atoms with E-state index in [1.807, 2.05) is 0 Å². The number of rotatable bonds is 4. The van der Waals surface area contributed by atoms with Crippen molar-refractivity contribution in [2.45, 2.75) is 10.7 Å². The summed E-state index contributed by atoms with van der Waals surface area (Å²) in [5.41, 5.74) is -0.190. The van der Waals surface area contributed by atoms with Crippen LogP contribution in [0.5, 0.6) is 0 Å². The minimum atomic E-state index is -4.73. The summed E-state index contributed by atoms with van der Waals surface area (Å²) in [5, 5.41) is 2.46. The molecule has 1 N–H and O–H groups in total. The van der Waals surface area contributed by atoms with Crippen LogP contribution in [-0.4, -0.2) is 20.1 Å². The van der Waals surface area contributed by atoms with Gasteiger partial charge in [0.2, 0.25) is 9.84 Å². The maximum atomic E-state index is 13.5. The van der Waals surface area contributed by atoms with Gasteiger partial charge in [-0.15, -0.1) is 0 Å². The van der Waals surface area contributed by atoms with Crippen LogP contribution in [0.2, 0.25) is 5.02 Å². The second-order valence-electron chi connectivity index (χ2n) is 4.41. The molecule has 0 heterocycles. The van der Waals surface area contributed by atoms with Crippen LogP contribution in [0, 0.1) is 5.82 Å². The highest BCUT2D eigenvalue weighted by Crippen LogP contribution is 2.22. The van der Waals surface area contributed by atoms with E-state index < -0.39 is 32.2 Å². The Bertz CT molecular complexity index is 839. The highest BCUT2D eigenvalue weighted by molar-refractivity contribution is 7.91. The average molecular weight is 364 g/mol. The summed E-state index contributed by atoms with van der Waals surface area (Å²) in [5.74, 6) is -5.01. The van der Waals surface area contributed by atoms with Crippen LogP contribution in [0.3, 0.4) is 0 Å². The number of carbonyl (C=O) groups excluding carboxylic acids is 1. The van der Waals surface area contributed by atoms with Gasteiger partial charge in [0.15, 0.2) is 0 Å². The van der Waals surface area contributed by atoms with Crippen molar-refractivity contribution in [3.05, 3.63) is 58.9 Å². The van der Waals surface area contributed by atoms with E-state index >= 15 is 0 Å². The quantitative estimate of drug-likeness (QED) is 0.900. The van der Waals surface area contributed by atoms with Gasteiger partial charge < -0.3 is 5.32 Å². The molecule has 0 aliphatic carbocycles. The van der Waals surface area contributed by atoms with Crippen molar-refractivity contribution in [1.29, 1.82) is 0 Å². The molecule has 23 heavy (non-hydrogen) atoms. The standard InChI is InChI=1S/C14H9ClF3NO3S/c15-9-3-6-11(16)12(7-9)19-13(20)8-1-4-10(5-2-8)23(21,22)14(17)18/h1-7,14H,(H,19,20). The fourth-order valence-electron chi connectivity index (χ4n) is 1.69. The lowest BCUT2D eigenvalue weighted by atomic mass is 10.2. The minimum absolute atomic E-state index is 0.0300. The third kappa shape index (κ3) is 3.83. The Morgan fingerprint density at radius 2 is 1.70 bits per heavy atom. The first-order valence-corrected chi connectivity index (χ1v) is 8.03. The predicted molar refractivity (Wildman–Crippen MR) is 79.0 cm³/mol. The largest absolute Gasteiger partial charge is 0.341 e. The van der Waals surface area contributed by atoms with Gasteiger partial charge in [0.05, 0.1) is 10.6 Å². The smallest absolute Gasteiger partial charge is 0.319 e. The van der Waals surface area contributed by atoms with Crippen molar-refractivity contribution in [2.75, 3.05) is 5.32 Å². The van der Waals surface area contributed by atoms with Crippen molar-refractivity contribution in [3.8, 4) is 0 Å². The van der Waals surface area contributed by atoms with Crippen LogP contribution < -0.4 is 5.32 Å². The molecule has 0 aliphatic rings. The molecule has 2 aromatic rings. The lowest BCUT2D eigenvalue weighted by Gasteiger charge is -2.08. The number of carbonyl (C=O) groups is 1. The van der Waals surface area contributed by atoms with Crippen LogP contribution >= 0.6 is 11.6 Å². The zero-order valence-electron chi connectivity index (χ0n) is 11.3. The number of hydrogen-bond acceptors (Lipinski definition) is 3. The van der Waals surface area contributed by atoms with Gasteiger partial charge in [0.25, 0.3) is 5.91 Å². The molecule has 0 bridgehead atoms. The zero-order chi connectivity index (χ0) is 17.2. The predicted octanol–water partition coefficient (Wildman–Crippen LogP) is 3.73. The first kappa shape index (κ1) is 17.3. The number of amides is 1. The van der Waals surface area contributed by atoms with Crippen LogP contribution in [0.15, 0.2) is 47.4 Å². The Morgan fingerprint density at radius 1 is 1.09 bits per heavy atom. The van der Waals surface area contributed by atoms with E-state index in [2.05, 4.69) is 5.32 Å². The molecule has 0 spiro atoms. The van der Waals surface area contributed by atoms with Crippen molar-refractivity contribution in [2.24, 2.45) is 0 Å². The molecule has 2 rings (SSSR count). The molecule has 0 radical (unpaired) electrons. The number of alkyl halides is 2. The minimum Gasteiger partial charge on any atom is -0.319 e. The average Bonchev–Trinajstić information content (AvgIpc) is 2.50. The molecule has 122 valence electrons. The van der Waals surface area contributed by atoms with E-state index in [1.54, 1.807) is 0 Å². The normalized spacial score (nSPS) is 11.5. The topological polar surface area (TPSA) is 63.2 Å². The van der Waals surface area contributed by atoms with Gasteiger partial charge in [0.1, 0.15) is 5.82 Å². The molecule has 2 aromatic carbocycles. The molecule has 0 atom stereocenters. The van der Waals surface area contributed by atoms with Gasteiger partial charge in [-0.25, -0.2) is 12.8 Å². The Hall–Kier alpha value is -2.06. The second kappa shape index (κ2) is 6.59. The summed E-state index contributed by atoms with van der Waals surface area (Å²) in [6.07, 6.45) is 0. The van der Waals surface area contributed by atoms with Crippen LogP contribution in [0.1, 0.15) is 10.4 Å². The highest BCUT2D eigenvalue weighted by atomic mass is 35.5. The Balaban J connectivity index is 2.23. The number of sulfone groups is 1. The fourth-order valence-corrected chi connectivity index (χ4v) is 2.58. The lowest BCUT2D eigenvalue weighted by molar-refractivity contribution is 0.102. The number of nitrogens with one attached hydrogen (secondary N) is 1. The molecule has 4 nitrogen and oxygen atoms in total. The summed E-state index contributed by atoms with van der Waals surface area (Å²) in [6, 6.07) is 7.42. The van der Waals surface area contributed by atoms with E-state index in [9.17, 15) is 26.4 Å². The molecular weight excluding hydrogens is 355 g/mol. The molecule has 0 fully saturated rings. The Kier molecular flexibility index (Phi) is 4.96. The summed E-state index contributed by atoms with van der Waals surface area (Å²) in [6.45, 7) is 0. The molecule has 0 saturated heterocycles. The van der Waals surface area contributed by atoms with Crippen LogP contribution in [0.4, 0.5) is 18.9 Å². The van der Waals surface area contributed by atoms with E-state index in [0.29, 0.717) is 0 Å². The van der Waals surface area contributed by atoms with Crippen molar-refractivity contribution < 1.29 is 26.4 Å². The number of hydrogen-bond donors (Lipinski definition) is 1. The summed E-state index contributed by atoms with van der Waals surface area (Å²) < 4.78 is 60.9. The van der Waals surface area contributed by atoms with E-state index in [-0.39, 0.29) is 16.3 Å². The van der Waals surface area contributed by atoms with Gasteiger partial charge in [-0.3, -0.25) is 4.79 Å².